The maximum Gasteiger partial charge on any atom is 0.328 e. The molecule has 0 aliphatic carbocycles. The summed E-state index contributed by atoms with van der Waals surface area (Å²) in [6.07, 6.45) is 0. The van der Waals surface area contributed by atoms with Crippen molar-refractivity contribution in [1.82, 2.24) is 4.90 Å². The molecule has 2 rings (SSSR count). The first-order chi connectivity index (χ1) is 9.63. The lowest BCUT2D eigenvalue weighted by molar-refractivity contribution is -0.147. The number of ether oxygens (including phenoxy) is 2. The predicted octanol–water partition coefficient (Wildman–Crippen LogP) is 0.759. The summed E-state index contributed by atoms with van der Waals surface area (Å²) in [5, 5.41) is 9.15. The van der Waals surface area contributed by atoms with Crippen LogP contribution in [0.25, 0.3) is 0 Å². The van der Waals surface area contributed by atoms with Gasteiger partial charge in [-0.1, -0.05) is 12.1 Å². The lowest BCUT2D eigenvalue weighted by Gasteiger charge is -2.32. The van der Waals surface area contributed by atoms with Crippen LogP contribution < -0.4 is 0 Å². The number of aliphatic carboxylic acids is 1. The summed E-state index contributed by atoms with van der Waals surface area (Å²) in [6, 6.07) is 6.09. The second kappa shape index (κ2) is 6.49. The predicted molar refractivity (Wildman–Crippen MR) is 70.4 cm³/mol. The van der Waals surface area contributed by atoms with Gasteiger partial charge >= 0.3 is 5.97 Å². The van der Waals surface area contributed by atoms with Crippen LogP contribution in [0.15, 0.2) is 24.3 Å². The van der Waals surface area contributed by atoms with Crippen LogP contribution in [0.3, 0.4) is 0 Å². The number of methoxy groups -OCH3 is 1. The number of carboxylic acids is 1. The zero-order valence-corrected chi connectivity index (χ0v) is 11.2. The number of morpholine rings is 1. The maximum absolute atomic E-state index is 12.4. The Morgan fingerprint density at radius 2 is 2.30 bits per heavy atom. The third-order valence-corrected chi connectivity index (χ3v) is 3.16. The molecule has 1 N–H and O–H groups in total. The molecule has 1 aromatic rings. The summed E-state index contributed by atoms with van der Waals surface area (Å²) >= 11 is 0. The Morgan fingerprint density at radius 3 is 3.00 bits per heavy atom. The number of carbonyl (C=O) groups excluding carboxylic acids is 1. The van der Waals surface area contributed by atoms with E-state index < -0.39 is 12.0 Å². The summed E-state index contributed by atoms with van der Waals surface area (Å²) in [5.41, 5.74) is 1.34. The fourth-order valence-corrected chi connectivity index (χ4v) is 2.18. The molecule has 1 aliphatic rings. The summed E-state index contributed by atoms with van der Waals surface area (Å²) in [5.74, 6) is -1.34. The topological polar surface area (TPSA) is 76.1 Å². The highest BCUT2D eigenvalue weighted by atomic mass is 16.5. The third kappa shape index (κ3) is 3.15. The van der Waals surface area contributed by atoms with Crippen LogP contribution in [0, 0.1) is 0 Å². The van der Waals surface area contributed by atoms with Crippen molar-refractivity contribution in [3.8, 4) is 0 Å². The van der Waals surface area contributed by atoms with Crippen molar-refractivity contribution in [1.29, 1.82) is 0 Å². The van der Waals surface area contributed by atoms with Gasteiger partial charge in [0.15, 0.2) is 6.04 Å². The van der Waals surface area contributed by atoms with E-state index in [0.29, 0.717) is 18.8 Å². The van der Waals surface area contributed by atoms with Gasteiger partial charge in [0.2, 0.25) is 0 Å². The molecule has 108 valence electrons. The highest BCUT2D eigenvalue weighted by Crippen LogP contribution is 2.14. The van der Waals surface area contributed by atoms with Crippen molar-refractivity contribution in [3.05, 3.63) is 35.4 Å². The van der Waals surface area contributed by atoms with Crippen LogP contribution >= 0.6 is 0 Å². The van der Waals surface area contributed by atoms with E-state index in [1.807, 2.05) is 6.07 Å². The number of hydrogen-bond donors (Lipinski definition) is 1. The monoisotopic (exact) mass is 279 g/mol. The normalized spacial score (nSPS) is 18.9. The Bertz CT molecular complexity index is 502. The third-order valence-electron chi connectivity index (χ3n) is 3.16. The molecule has 1 aromatic carbocycles. The van der Waals surface area contributed by atoms with E-state index in [0.717, 1.165) is 5.56 Å². The van der Waals surface area contributed by atoms with Crippen molar-refractivity contribution < 1.29 is 24.2 Å². The number of nitrogens with zero attached hydrogens (tertiary/aromatic N) is 1. The van der Waals surface area contributed by atoms with Crippen molar-refractivity contribution in [2.45, 2.75) is 12.6 Å². The quantitative estimate of drug-likeness (QED) is 0.880. The van der Waals surface area contributed by atoms with Gasteiger partial charge in [-0.05, 0) is 17.7 Å². The average Bonchev–Trinajstić information content (AvgIpc) is 2.47. The zero-order valence-electron chi connectivity index (χ0n) is 11.2. The van der Waals surface area contributed by atoms with E-state index in [1.54, 1.807) is 25.3 Å². The number of rotatable bonds is 4. The molecular weight excluding hydrogens is 262 g/mol. The van der Waals surface area contributed by atoms with E-state index in [1.165, 1.54) is 4.90 Å². The summed E-state index contributed by atoms with van der Waals surface area (Å²) < 4.78 is 10.2. The van der Waals surface area contributed by atoms with E-state index >= 15 is 0 Å². The molecule has 1 fully saturated rings. The van der Waals surface area contributed by atoms with Crippen molar-refractivity contribution >= 4 is 11.9 Å². The lowest BCUT2D eigenvalue weighted by atomic mass is 10.1. The van der Waals surface area contributed by atoms with Gasteiger partial charge in [0, 0.05) is 19.2 Å². The molecule has 0 aromatic heterocycles. The summed E-state index contributed by atoms with van der Waals surface area (Å²) in [6.45, 7) is 1.07. The molecule has 1 atom stereocenters. The van der Waals surface area contributed by atoms with Gasteiger partial charge in [-0.15, -0.1) is 0 Å². The molecule has 1 aliphatic heterocycles. The molecule has 1 heterocycles. The smallest absolute Gasteiger partial charge is 0.328 e. The number of carboxylic acid groups (broad SMARTS) is 1. The molecule has 6 heteroatoms. The van der Waals surface area contributed by atoms with Crippen LogP contribution in [-0.4, -0.2) is 54.8 Å². The van der Waals surface area contributed by atoms with Crippen LogP contribution in [0.5, 0.6) is 0 Å². The number of hydrogen-bond acceptors (Lipinski definition) is 4. The highest BCUT2D eigenvalue weighted by Gasteiger charge is 2.33. The molecule has 6 nitrogen and oxygen atoms in total. The Kier molecular flexibility index (Phi) is 4.70. The molecule has 0 spiro atoms. The van der Waals surface area contributed by atoms with E-state index in [9.17, 15) is 9.59 Å². The van der Waals surface area contributed by atoms with Crippen LogP contribution in [0.4, 0.5) is 0 Å². The molecule has 20 heavy (non-hydrogen) atoms. The average molecular weight is 279 g/mol. The second-order valence-electron chi connectivity index (χ2n) is 4.56. The second-order valence-corrected chi connectivity index (χ2v) is 4.56. The number of amides is 1. The fourth-order valence-electron chi connectivity index (χ4n) is 2.18. The lowest BCUT2D eigenvalue weighted by Crippen LogP contribution is -2.52. The Morgan fingerprint density at radius 1 is 1.50 bits per heavy atom. The van der Waals surface area contributed by atoms with E-state index in [2.05, 4.69) is 0 Å². The fraction of sp³-hybridized carbons (Fsp3) is 0.429. The maximum atomic E-state index is 12.4. The van der Waals surface area contributed by atoms with Gasteiger partial charge in [0.1, 0.15) is 0 Å². The highest BCUT2D eigenvalue weighted by molar-refractivity contribution is 5.96. The van der Waals surface area contributed by atoms with Gasteiger partial charge in [-0.3, -0.25) is 4.79 Å². The first kappa shape index (κ1) is 14.5. The Balaban J connectivity index is 2.20. The standard InChI is InChI=1S/C14H17NO5/c1-19-8-10-3-2-4-11(7-10)13(16)15-5-6-20-9-12(15)14(17)18/h2-4,7,12H,5-6,8-9H2,1H3,(H,17,18)/t12-/m0/s1. The van der Waals surface area contributed by atoms with Crippen molar-refractivity contribution in [2.75, 3.05) is 26.9 Å². The number of benzene rings is 1. The van der Waals surface area contributed by atoms with Gasteiger partial charge in [0.05, 0.1) is 19.8 Å². The molecule has 1 saturated heterocycles. The van der Waals surface area contributed by atoms with Crippen LogP contribution in [-0.2, 0) is 20.9 Å². The molecule has 0 bridgehead atoms. The summed E-state index contributed by atoms with van der Waals surface area (Å²) in [4.78, 5) is 25.0. The Hall–Kier alpha value is -1.92. The largest absolute Gasteiger partial charge is 0.480 e. The van der Waals surface area contributed by atoms with Gasteiger partial charge in [0.25, 0.3) is 5.91 Å². The molecule has 1 amide bonds. The molecule has 0 unspecified atom stereocenters. The van der Waals surface area contributed by atoms with E-state index in [4.69, 9.17) is 14.6 Å². The van der Waals surface area contributed by atoms with Gasteiger partial charge in [-0.25, -0.2) is 4.79 Å². The van der Waals surface area contributed by atoms with Gasteiger partial charge < -0.3 is 19.5 Å². The van der Waals surface area contributed by atoms with Crippen molar-refractivity contribution in [2.24, 2.45) is 0 Å². The van der Waals surface area contributed by atoms with Gasteiger partial charge in [-0.2, -0.15) is 0 Å². The van der Waals surface area contributed by atoms with E-state index in [-0.39, 0.29) is 19.1 Å². The first-order valence-corrected chi connectivity index (χ1v) is 6.33. The SMILES string of the molecule is COCc1cccc(C(=O)N2CCOC[C@H]2C(=O)O)c1. The minimum atomic E-state index is -1.05. The first-order valence-electron chi connectivity index (χ1n) is 6.33. The number of carbonyl (C=O) groups is 2. The van der Waals surface area contributed by atoms with Crippen molar-refractivity contribution in [3.63, 3.8) is 0 Å². The Labute approximate surface area is 116 Å². The molecule has 0 radical (unpaired) electrons. The summed E-state index contributed by atoms with van der Waals surface area (Å²) in [7, 11) is 1.58. The minimum absolute atomic E-state index is 0.0266. The molecular formula is C14H17NO5. The molecule has 0 saturated carbocycles. The van der Waals surface area contributed by atoms with Crippen LogP contribution in [0.1, 0.15) is 15.9 Å². The van der Waals surface area contributed by atoms with Crippen LogP contribution in [0.2, 0.25) is 0 Å². The minimum Gasteiger partial charge on any atom is -0.480 e. The zero-order chi connectivity index (χ0) is 14.5.